The van der Waals surface area contributed by atoms with Gasteiger partial charge in [-0.05, 0) is 38.1 Å². The summed E-state index contributed by atoms with van der Waals surface area (Å²) in [5.41, 5.74) is 5.81. The van der Waals surface area contributed by atoms with Crippen LogP contribution < -0.4 is 11.1 Å². The lowest BCUT2D eigenvalue weighted by Gasteiger charge is -2.36. The van der Waals surface area contributed by atoms with E-state index in [1.165, 1.54) is 19.3 Å². The predicted octanol–water partition coefficient (Wildman–Crippen LogP) is 2.00. The molecule has 112 valence electrons. The van der Waals surface area contributed by atoms with Gasteiger partial charge in [-0.2, -0.15) is 0 Å². The van der Waals surface area contributed by atoms with E-state index in [9.17, 15) is 4.79 Å². The van der Waals surface area contributed by atoms with Gasteiger partial charge in [0, 0.05) is 13.0 Å². The number of carbonyl (C=O) groups is 1. The standard InChI is InChI=1S/C14H26N2O2.ClH/c1-13(7-8-18-11-13)16-12(17)9-14(10-15)5-3-2-4-6-14;/h2-11,15H2,1H3,(H,16,17);1H. The zero-order chi connectivity index (χ0) is 13.1. The summed E-state index contributed by atoms with van der Waals surface area (Å²) >= 11 is 0. The van der Waals surface area contributed by atoms with Crippen LogP contribution in [-0.4, -0.2) is 31.2 Å². The number of hydrogen-bond acceptors (Lipinski definition) is 3. The summed E-state index contributed by atoms with van der Waals surface area (Å²) in [4.78, 5) is 12.2. The quantitative estimate of drug-likeness (QED) is 0.832. The summed E-state index contributed by atoms with van der Waals surface area (Å²) in [6.45, 7) is 4.08. The molecule has 3 N–H and O–H groups in total. The van der Waals surface area contributed by atoms with Crippen molar-refractivity contribution < 1.29 is 9.53 Å². The Hall–Kier alpha value is -0.320. The third-order valence-corrected chi connectivity index (χ3v) is 4.54. The molecule has 0 aromatic heterocycles. The summed E-state index contributed by atoms with van der Waals surface area (Å²) < 4.78 is 5.36. The minimum absolute atomic E-state index is 0. The zero-order valence-electron chi connectivity index (χ0n) is 11.9. The Morgan fingerprint density at radius 3 is 2.47 bits per heavy atom. The van der Waals surface area contributed by atoms with E-state index in [0.29, 0.717) is 19.6 Å². The minimum Gasteiger partial charge on any atom is -0.379 e. The molecule has 2 rings (SSSR count). The van der Waals surface area contributed by atoms with E-state index in [4.69, 9.17) is 10.5 Å². The van der Waals surface area contributed by atoms with E-state index < -0.39 is 0 Å². The number of hydrogen-bond donors (Lipinski definition) is 2. The van der Waals surface area contributed by atoms with Gasteiger partial charge in [0.05, 0.1) is 12.1 Å². The largest absolute Gasteiger partial charge is 0.379 e. The lowest BCUT2D eigenvalue weighted by atomic mass is 9.71. The van der Waals surface area contributed by atoms with E-state index >= 15 is 0 Å². The summed E-state index contributed by atoms with van der Waals surface area (Å²) in [6.07, 6.45) is 7.41. The second-order valence-corrected chi connectivity index (χ2v) is 6.35. The van der Waals surface area contributed by atoms with Crippen molar-refractivity contribution in [3.8, 4) is 0 Å². The topological polar surface area (TPSA) is 64.4 Å². The van der Waals surface area contributed by atoms with Crippen molar-refractivity contribution in [1.29, 1.82) is 0 Å². The number of nitrogens with two attached hydrogens (primary N) is 1. The molecule has 1 heterocycles. The summed E-state index contributed by atoms with van der Waals surface area (Å²) in [6, 6.07) is 0. The second-order valence-electron chi connectivity index (χ2n) is 6.35. The maximum Gasteiger partial charge on any atom is 0.221 e. The molecule has 0 aromatic carbocycles. The highest BCUT2D eigenvalue weighted by Gasteiger charge is 2.36. The normalized spacial score (nSPS) is 29.6. The van der Waals surface area contributed by atoms with Crippen LogP contribution in [0.5, 0.6) is 0 Å². The highest BCUT2D eigenvalue weighted by Crippen LogP contribution is 2.38. The van der Waals surface area contributed by atoms with Crippen LogP contribution in [0.25, 0.3) is 0 Å². The van der Waals surface area contributed by atoms with Gasteiger partial charge in [-0.3, -0.25) is 4.79 Å². The van der Waals surface area contributed by atoms with Gasteiger partial charge in [0.25, 0.3) is 0 Å². The van der Waals surface area contributed by atoms with E-state index in [1.807, 2.05) is 0 Å². The van der Waals surface area contributed by atoms with Crippen LogP contribution in [0.1, 0.15) is 51.9 Å². The predicted molar refractivity (Wildman–Crippen MR) is 78.4 cm³/mol. The van der Waals surface area contributed by atoms with Gasteiger partial charge >= 0.3 is 0 Å². The summed E-state index contributed by atoms with van der Waals surface area (Å²) in [5.74, 6) is 0.148. The van der Waals surface area contributed by atoms with Crippen LogP contribution in [-0.2, 0) is 9.53 Å². The molecule has 1 aliphatic heterocycles. The molecule has 2 fully saturated rings. The van der Waals surface area contributed by atoms with Crippen molar-refractivity contribution >= 4 is 18.3 Å². The van der Waals surface area contributed by atoms with Crippen LogP contribution in [0, 0.1) is 5.41 Å². The Labute approximate surface area is 122 Å². The van der Waals surface area contributed by atoms with Crippen LogP contribution in [0.2, 0.25) is 0 Å². The fraction of sp³-hybridized carbons (Fsp3) is 0.929. The van der Waals surface area contributed by atoms with Crippen molar-refractivity contribution in [3.63, 3.8) is 0 Å². The molecule has 19 heavy (non-hydrogen) atoms. The molecular formula is C14H27ClN2O2. The average Bonchev–Trinajstić information content (AvgIpc) is 2.76. The maximum atomic E-state index is 12.2. The van der Waals surface area contributed by atoms with Crippen LogP contribution in [0.3, 0.4) is 0 Å². The smallest absolute Gasteiger partial charge is 0.221 e. The number of nitrogens with one attached hydrogen (secondary N) is 1. The lowest BCUT2D eigenvalue weighted by molar-refractivity contribution is -0.125. The molecule has 1 aliphatic carbocycles. The fourth-order valence-corrected chi connectivity index (χ4v) is 3.24. The Balaban J connectivity index is 0.00000180. The van der Waals surface area contributed by atoms with Crippen molar-refractivity contribution in [2.24, 2.45) is 11.1 Å². The first-order valence-corrected chi connectivity index (χ1v) is 7.16. The van der Waals surface area contributed by atoms with Crippen molar-refractivity contribution in [3.05, 3.63) is 0 Å². The van der Waals surface area contributed by atoms with Crippen molar-refractivity contribution in [2.75, 3.05) is 19.8 Å². The SMILES string of the molecule is CC1(NC(=O)CC2(CN)CCCCC2)CCOC1.Cl. The Morgan fingerprint density at radius 1 is 1.26 bits per heavy atom. The third-order valence-electron chi connectivity index (χ3n) is 4.54. The zero-order valence-corrected chi connectivity index (χ0v) is 12.7. The van der Waals surface area contributed by atoms with Crippen LogP contribution in [0.4, 0.5) is 0 Å². The first-order valence-electron chi connectivity index (χ1n) is 7.16. The van der Waals surface area contributed by atoms with E-state index in [1.54, 1.807) is 0 Å². The Kier molecular flexibility index (Phi) is 6.09. The molecule has 1 saturated carbocycles. The molecule has 2 aliphatic rings. The lowest BCUT2D eigenvalue weighted by Crippen LogP contribution is -2.49. The fourth-order valence-electron chi connectivity index (χ4n) is 3.24. The first kappa shape index (κ1) is 16.7. The van der Waals surface area contributed by atoms with Crippen molar-refractivity contribution in [1.82, 2.24) is 5.32 Å². The molecule has 5 heteroatoms. The molecule has 1 atom stereocenters. The van der Waals surface area contributed by atoms with Crippen molar-refractivity contribution in [2.45, 2.75) is 57.4 Å². The number of rotatable bonds is 4. The monoisotopic (exact) mass is 290 g/mol. The van der Waals surface area contributed by atoms with Crippen LogP contribution in [0.15, 0.2) is 0 Å². The Morgan fingerprint density at radius 2 is 1.95 bits per heavy atom. The number of amides is 1. The minimum atomic E-state index is -0.165. The van der Waals surface area contributed by atoms with E-state index in [2.05, 4.69) is 12.2 Å². The number of ether oxygens (including phenoxy) is 1. The van der Waals surface area contributed by atoms with Crippen LogP contribution >= 0.6 is 12.4 Å². The summed E-state index contributed by atoms with van der Waals surface area (Å²) in [7, 11) is 0. The van der Waals surface area contributed by atoms with Gasteiger partial charge in [-0.25, -0.2) is 0 Å². The summed E-state index contributed by atoms with van der Waals surface area (Å²) in [5, 5.41) is 3.14. The molecule has 0 spiro atoms. The average molecular weight is 291 g/mol. The molecule has 1 unspecified atom stereocenters. The molecule has 0 radical (unpaired) electrons. The highest BCUT2D eigenvalue weighted by atomic mass is 35.5. The second kappa shape index (κ2) is 6.91. The van der Waals surface area contributed by atoms with Gasteiger partial charge in [0.1, 0.15) is 0 Å². The van der Waals surface area contributed by atoms with Gasteiger partial charge in [-0.1, -0.05) is 19.3 Å². The molecule has 1 amide bonds. The van der Waals surface area contributed by atoms with Gasteiger partial charge < -0.3 is 15.8 Å². The van der Waals surface area contributed by atoms with Gasteiger partial charge in [0.2, 0.25) is 5.91 Å². The molecule has 4 nitrogen and oxygen atoms in total. The van der Waals surface area contributed by atoms with E-state index in [0.717, 1.165) is 25.9 Å². The molecule has 1 saturated heterocycles. The highest BCUT2D eigenvalue weighted by molar-refractivity contribution is 5.85. The third kappa shape index (κ3) is 4.33. The first-order chi connectivity index (χ1) is 8.58. The molecular weight excluding hydrogens is 264 g/mol. The van der Waals surface area contributed by atoms with Gasteiger partial charge in [0.15, 0.2) is 0 Å². The molecule has 0 bridgehead atoms. The van der Waals surface area contributed by atoms with Gasteiger partial charge in [-0.15, -0.1) is 12.4 Å². The maximum absolute atomic E-state index is 12.2. The molecule has 0 aromatic rings. The number of carbonyl (C=O) groups excluding carboxylic acids is 1. The van der Waals surface area contributed by atoms with E-state index in [-0.39, 0.29) is 29.3 Å². The number of halogens is 1. The Bertz CT molecular complexity index is 298.